The molecule has 53 valence electrons. The third-order valence-electron chi connectivity index (χ3n) is 0.636. The molecule has 0 N–H and O–H groups in total. The topological polar surface area (TPSA) is 18.5 Å². The average molecular weight is 263 g/mol. The van der Waals surface area contributed by atoms with Crippen molar-refractivity contribution in [1.82, 2.24) is 0 Å². The molecule has 0 heterocycles. The van der Waals surface area contributed by atoms with Gasteiger partial charge in [0.2, 0.25) is 0 Å². The molecule has 0 aliphatic rings. The first-order valence-corrected chi connectivity index (χ1v) is 2.48. The SMILES string of the molecule is CCOCCOC.[Tb]. The summed E-state index contributed by atoms with van der Waals surface area (Å²) in [7, 11) is 1.67. The second-order valence-electron chi connectivity index (χ2n) is 1.19. The second-order valence-corrected chi connectivity index (χ2v) is 1.19. The first kappa shape index (κ1) is 11.9. The molecule has 0 aliphatic carbocycles. The van der Waals surface area contributed by atoms with Crippen molar-refractivity contribution in [3.05, 3.63) is 0 Å². The Morgan fingerprint density at radius 3 is 2.25 bits per heavy atom. The Labute approximate surface area is 81.4 Å². The minimum Gasteiger partial charge on any atom is -0.382 e. The van der Waals surface area contributed by atoms with E-state index in [1.165, 1.54) is 0 Å². The summed E-state index contributed by atoms with van der Waals surface area (Å²) in [5, 5.41) is 0. The molecule has 0 bridgehead atoms. The second kappa shape index (κ2) is 11.1. The molecule has 0 aromatic carbocycles. The first-order chi connectivity index (χ1) is 3.41. The van der Waals surface area contributed by atoms with Gasteiger partial charge in [-0.05, 0) is 6.92 Å². The fourth-order valence-electron chi connectivity index (χ4n) is 0.287. The fraction of sp³-hybridized carbons (Fsp3) is 1.00. The van der Waals surface area contributed by atoms with E-state index in [1.807, 2.05) is 6.92 Å². The predicted octanol–water partition coefficient (Wildman–Crippen LogP) is 0.669. The van der Waals surface area contributed by atoms with Crippen LogP contribution in [0.25, 0.3) is 0 Å². The Morgan fingerprint density at radius 2 is 1.88 bits per heavy atom. The van der Waals surface area contributed by atoms with Crippen molar-refractivity contribution in [2.24, 2.45) is 0 Å². The Hall–Kier alpha value is 1.21. The predicted molar refractivity (Wildman–Crippen MR) is 28.4 cm³/mol. The molecule has 0 amide bonds. The van der Waals surface area contributed by atoms with Crippen molar-refractivity contribution in [3.8, 4) is 0 Å². The van der Waals surface area contributed by atoms with E-state index >= 15 is 0 Å². The maximum atomic E-state index is 4.95. The van der Waals surface area contributed by atoms with Crippen LogP contribution in [0.3, 0.4) is 0 Å². The third-order valence-corrected chi connectivity index (χ3v) is 0.636. The summed E-state index contributed by atoms with van der Waals surface area (Å²) < 4.78 is 9.67. The van der Waals surface area contributed by atoms with Gasteiger partial charge in [-0.25, -0.2) is 0 Å². The van der Waals surface area contributed by atoms with Gasteiger partial charge >= 0.3 is 0 Å². The van der Waals surface area contributed by atoms with Gasteiger partial charge in [-0.1, -0.05) is 0 Å². The summed E-state index contributed by atoms with van der Waals surface area (Å²) in [5.74, 6) is 0. The Morgan fingerprint density at radius 1 is 1.25 bits per heavy atom. The van der Waals surface area contributed by atoms with Crippen molar-refractivity contribution in [2.75, 3.05) is 26.9 Å². The normalized spacial score (nSPS) is 8.25. The quantitative estimate of drug-likeness (QED) is 0.694. The monoisotopic (exact) mass is 263 g/mol. The molecule has 0 rings (SSSR count). The number of ether oxygens (including phenoxy) is 2. The van der Waals surface area contributed by atoms with Gasteiger partial charge in [0, 0.05) is 52.3 Å². The summed E-state index contributed by atoms with van der Waals surface area (Å²) in [6.07, 6.45) is 0. The van der Waals surface area contributed by atoms with E-state index in [4.69, 9.17) is 9.47 Å². The van der Waals surface area contributed by atoms with Gasteiger partial charge in [0.05, 0.1) is 13.2 Å². The van der Waals surface area contributed by atoms with E-state index in [-0.39, 0.29) is 38.6 Å². The molecule has 0 aliphatic heterocycles. The molecule has 0 saturated carbocycles. The molecule has 8 heavy (non-hydrogen) atoms. The summed E-state index contributed by atoms with van der Waals surface area (Å²) >= 11 is 0. The molecule has 0 fully saturated rings. The van der Waals surface area contributed by atoms with Crippen LogP contribution >= 0.6 is 0 Å². The van der Waals surface area contributed by atoms with Crippen LogP contribution in [0.2, 0.25) is 0 Å². The Bertz CT molecular complexity index is 29.6. The van der Waals surface area contributed by atoms with Crippen molar-refractivity contribution in [1.29, 1.82) is 0 Å². The van der Waals surface area contributed by atoms with Gasteiger partial charge in [0.15, 0.2) is 0 Å². The minimum atomic E-state index is 0. The Balaban J connectivity index is 0. The van der Waals surface area contributed by atoms with Crippen molar-refractivity contribution in [2.45, 2.75) is 6.92 Å². The largest absolute Gasteiger partial charge is 0.382 e. The summed E-state index contributed by atoms with van der Waals surface area (Å²) in [6, 6.07) is 0. The maximum absolute atomic E-state index is 4.95. The maximum Gasteiger partial charge on any atom is 0.0700 e. The average Bonchev–Trinajstić information content (AvgIpc) is 1.69. The van der Waals surface area contributed by atoms with Gasteiger partial charge in [-0.2, -0.15) is 0 Å². The number of rotatable bonds is 4. The van der Waals surface area contributed by atoms with Gasteiger partial charge in [-0.15, -0.1) is 0 Å². The van der Waals surface area contributed by atoms with Gasteiger partial charge < -0.3 is 9.47 Å². The van der Waals surface area contributed by atoms with E-state index < -0.39 is 0 Å². The smallest absolute Gasteiger partial charge is 0.0700 e. The Kier molecular flexibility index (Phi) is 16.5. The van der Waals surface area contributed by atoms with Crippen LogP contribution in [0.1, 0.15) is 6.92 Å². The summed E-state index contributed by atoms with van der Waals surface area (Å²) in [4.78, 5) is 0. The molecule has 0 unspecified atom stereocenters. The van der Waals surface area contributed by atoms with Crippen molar-refractivity contribution >= 4 is 0 Å². The van der Waals surface area contributed by atoms with Crippen molar-refractivity contribution in [3.63, 3.8) is 0 Å². The van der Waals surface area contributed by atoms with Crippen LogP contribution in [0.15, 0.2) is 0 Å². The number of hydrogen-bond donors (Lipinski definition) is 0. The van der Waals surface area contributed by atoms with Crippen LogP contribution in [0, 0.1) is 38.6 Å². The van der Waals surface area contributed by atoms with Gasteiger partial charge in [-0.3, -0.25) is 0 Å². The van der Waals surface area contributed by atoms with E-state index in [9.17, 15) is 0 Å². The van der Waals surface area contributed by atoms with Crippen LogP contribution in [-0.2, 0) is 9.47 Å². The van der Waals surface area contributed by atoms with Gasteiger partial charge in [0.25, 0.3) is 0 Å². The molecule has 0 saturated heterocycles. The number of methoxy groups -OCH3 is 1. The van der Waals surface area contributed by atoms with E-state index in [0.29, 0.717) is 13.2 Å². The molecule has 0 atom stereocenters. The van der Waals surface area contributed by atoms with Gasteiger partial charge in [0.1, 0.15) is 0 Å². The molecular weight excluding hydrogens is 251 g/mol. The third kappa shape index (κ3) is 10.2. The van der Waals surface area contributed by atoms with Crippen molar-refractivity contribution < 1.29 is 48.1 Å². The molecule has 2 nitrogen and oxygen atoms in total. The van der Waals surface area contributed by atoms with Crippen LogP contribution < -0.4 is 0 Å². The molecule has 0 spiro atoms. The fourth-order valence-corrected chi connectivity index (χ4v) is 0.287. The molecule has 0 aromatic rings. The zero-order chi connectivity index (χ0) is 5.54. The summed E-state index contributed by atoms with van der Waals surface area (Å²) in [6.45, 7) is 4.17. The number of hydrogen-bond acceptors (Lipinski definition) is 2. The first-order valence-electron chi connectivity index (χ1n) is 2.48. The zero-order valence-corrected chi connectivity index (χ0v) is 7.41. The zero-order valence-electron chi connectivity index (χ0n) is 5.27. The van der Waals surface area contributed by atoms with Crippen LogP contribution in [-0.4, -0.2) is 26.9 Å². The molecule has 3 heteroatoms. The molecule has 0 aromatic heterocycles. The van der Waals surface area contributed by atoms with Crippen LogP contribution in [0.5, 0.6) is 0 Å². The summed E-state index contributed by atoms with van der Waals surface area (Å²) in [5.41, 5.74) is 0. The van der Waals surface area contributed by atoms with Crippen LogP contribution in [0.4, 0.5) is 0 Å². The van der Waals surface area contributed by atoms with E-state index in [1.54, 1.807) is 7.11 Å². The standard InChI is InChI=1S/C5H12O2.Tb/c1-3-7-5-4-6-2;/h3-5H2,1-2H3;. The minimum absolute atomic E-state index is 0. The van der Waals surface area contributed by atoms with E-state index in [2.05, 4.69) is 0 Å². The molecular formula is C5H12O2Tb. The van der Waals surface area contributed by atoms with E-state index in [0.717, 1.165) is 6.61 Å². The molecule has 1 radical (unpaired) electrons.